The summed E-state index contributed by atoms with van der Waals surface area (Å²) in [5.74, 6) is 0.0992. The summed E-state index contributed by atoms with van der Waals surface area (Å²) in [4.78, 5) is 12.6. The minimum absolute atomic E-state index is 0.0217. The largest absolute Gasteiger partial charge is 0.453 e. The Morgan fingerprint density at radius 1 is 0.852 bits per heavy atom. The SMILES string of the molecule is Nc1c(Cl)c(Cl)c(Cl)c(Oc2ccc(Cl)cc2)c1NC(=O)c1ccccc1. The Morgan fingerprint density at radius 2 is 1.48 bits per heavy atom. The van der Waals surface area contributed by atoms with Crippen molar-refractivity contribution in [3.63, 3.8) is 0 Å². The maximum atomic E-state index is 12.6. The zero-order chi connectivity index (χ0) is 19.6. The van der Waals surface area contributed by atoms with Gasteiger partial charge in [-0.05, 0) is 36.4 Å². The molecule has 4 nitrogen and oxygen atoms in total. The van der Waals surface area contributed by atoms with E-state index in [0.29, 0.717) is 16.3 Å². The number of rotatable bonds is 4. The van der Waals surface area contributed by atoms with Crippen LogP contribution in [0.25, 0.3) is 0 Å². The zero-order valence-electron chi connectivity index (χ0n) is 13.6. The van der Waals surface area contributed by atoms with Crippen LogP contribution in [0.3, 0.4) is 0 Å². The van der Waals surface area contributed by atoms with Gasteiger partial charge in [-0.3, -0.25) is 4.79 Å². The molecule has 0 bridgehead atoms. The Bertz CT molecular complexity index is 993. The summed E-state index contributed by atoms with van der Waals surface area (Å²) in [6.07, 6.45) is 0. The minimum atomic E-state index is -0.405. The molecule has 0 fully saturated rings. The number of ether oxygens (including phenoxy) is 1. The third kappa shape index (κ3) is 4.25. The number of halogens is 4. The number of nitrogen functional groups attached to an aromatic ring is 1. The fourth-order valence-corrected chi connectivity index (χ4v) is 3.05. The van der Waals surface area contributed by atoms with Crippen molar-refractivity contribution in [2.45, 2.75) is 0 Å². The Kier molecular flexibility index (Phi) is 6.02. The molecule has 0 aliphatic carbocycles. The summed E-state index contributed by atoms with van der Waals surface area (Å²) >= 11 is 24.5. The van der Waals surface area contributed by atoms with E-state index in [-0.39, 0.29) is 32.2 Å². The number of anilines is 2. The van der Waals surface area contributed by atoms with E-state index in [1.165, 1.54) is 0 Å². The van der Waals surface area contributed by atoms with Gasteiger partial charge in [0.2, 0.25) is 0 Å². The van der Waals surface area contributed by atoms with Gasteiger partial charge in [0, 0.05) is 10.6 Å². The highest BCUT2D eigenvalue weighted by atomic mass is 35.5. The maximum absolute atomic E-state index is 12.6. The second-order valence-corrected chi connectivity index (χ2v) is 7.01. The van der Waals surface area contributed by atoms with Crippen LogP contribution in [-0.4, -0.2) is 5.91 Å². The van der Waals surface area contributed by atoms with Crippen LogP contribution in [0.4, 0.5) is 11.4 Å². The first-order valence-electron chi connectivity index (χ1n) is 7.64. The first-order chi connectivity index (χ1) is 12.9. The Morgan fingerprint density at radius 3 is 2.11 bits per heavy atom. The molecule has 0 saturated carbocycles. The summed E-state index contributed by atoms with van der Waals surface area (Å²) < 4.78 is 5.82. The van der Waals surface area contributed by atoms with E-state index in [1.807, 2.05) is 0 Å². The lowest BCUT2D eigenvalue weighted by molar-refractivity contribution is 0.102. The molecule has 1 amide bonds. The van der Waals surface area contributed by atoms with Gasteiger partial charge in [0.05, 0.1) is 15.7 Å². The van der Waals surface area contributed by atoms with Gasteiger partial charge < -0.3 is 15.8 Å². The van der Waals surface area contributed by atoms with E-state index in [1.54, 1.807) is 54.6 Å². The average Bonchev–Trinajstić information content (AvgIpc) is 2.69. The quantitative estimate of drug-likeness (QED) is 0.340. The van der Waals surface area contributed by atoms with E-state index in [2.05, 4.69) is 5.32 Å². The predicted molar refractivity (Wildman–Crippen MR) is 112 cm³/mol. The first kappa shape index (κ1) is 19.6. The first-order valence-corrected chi connectivity index (χ1v) is 9.15. The van der Waals surface area contributed by atoms with Crippen molar-refractivity contribution >= 4 is 63.7 Å². The maximum Gasteiger partial charge on any atom is 0.255 e. The average molecular weight is 442 g/mol. The highest BCUT2D eigenvalue weighted by molar-refractivity contribution is 6.50. The molecule has 0 spiro atoms. The lowest BCUT2D eigenvalue weighted by atomic mass is 10.2. The highest BCUT2D eigenvalue weighted by Crippen LogP contribution is 2.49. The standard InChI is InChI=1S/C19H12Cl4N2O2/c20-11-6-8-12(9-7-11)27-18-15(23)13(21)14(22)16(24)17(18)25-19(26)10-4-2-1-3-5-10/h1-9H,24H2,(H,25,26). The van der Waals surface area contributed by atoms with Crippen LogP contribution in [0.1, 0.15) is 10.4 Å². The number of carbonyl (C=O) groups excluding carboxylic acids is 1. The molecule has 3 rings (SSSR count). The molecule has 3 aromatic carbocycles. The number of hydrogen-bond acceptors (Lipinski definition) is 3. The summed E-state index contributed by atoms with van der Waals surface area (Å²) in [5, 5.41) is 3.30. The van der Waals surface area contributed by atoms with Crippen LogP contribution < -0.4 is 15.8 Å². The van der Waals surface area contributed by atoms with Gasteiger partial charge in [-0.15, -0.1) is 0 Å². The molecule has 0 unspecified atom stereocenters. The third-order valence-electron chi connectivity index (χ3n) is 3.63. The smallest absolute Gasteiger partial charge is 0.255 e. The number of nitrogens with one attached hydrogen (secondary N) is 1. The molecule has 0 aliphatic rings. The zero-order valence-corrected chi connectivity index (χ0v) is 16.6. The van der Waals surface area contributed by atoms with Crippen molar-refractivity contribution in [1.29, 1.82) is 0 Å². The van der Waals surface area contributed by atoms with Crippen LogP contribution in [0.2, 0.25) is 20.1 Å². The highest BCUT2D eigenvalue weighted by Gasteiger charge is 2.23. The summed E-state index contributed by atoms with van der Waals surface area (Å²) in [5.41, 5.74) is 6.66. The van der Waals surface area contributed by atoms with Gasteiger partial charge in [0.1, 0.15) is 16.5 Å². The fourth-order valence-electron chi connectivity index (χ4n) is 2.27. The second-order valence-electron chi connectivity index (χ2n) is 5.44. The molecule has 0 saturated heterocycles. The van der Waals surface area contributed by atoms with Gasteiger partial charge in [0.25, 0.3) is 5.91 Å². The minimum Gasteiger partial charge on any atom is -0.453 e. The van der Waals surface area contributed by atoms with E-state index in [4.69, 9.17) is 56.9 Å². The summed E-state index contributed by atoms with van der Waals surface area (Å²) in [6, 6.07) is 15.2. The summed E-state index contributed by atoms with van der Waals surface area (Å²) in [7, 11) is 0. The van der Waals surface area contributed by atoms with Gasteiger partial charge >= 0.3 is 0 Å². The van der Waals surface area contributed by atoms with Gasteiger partial charge in [0.15, 0.2) is 5.75 Å². The van der Waals surface area contributed by atoms with Crippen LogP contribution in [0, 0.1) is 0 Å². The number of nitrogens with two attached hydrogens (primary N) is 1. The molecule has 0 aliphatic heterocycles. The normalized spacial score (nSPS) is 10.5. The molecule has 0 radical (unpaired) electrons. The molecule has 3 aromatic rings. The molecule has 0 aromatic heterocycles. The molecule has 138 valence electrons. The van der Waals surface area contributed by atoms with Crippen molar-refractivity contribution in [2.75, 3.05) is 11.1 Å². The van der Waals surface area contributed by atoms with Crippen molar-refractivity contribution in [1.82, 2.24) is 0 Å². The van der Waals surface area contributed by atoms with Crippen LogP contribution in [0.15, 0.2) is 54.6 Å². The Hall–Kier alpha value is -2.11. The number of carbonyl (C=O) groups is 1. The number of hydrogen-bond donors (Lipinski definition) is 2. The topological polar surface area (TPSA) is 64.3 Å². The number of amides is 1. The second kappa shape index (κ2) is 8.28. The third-order valence-corrected chi connectivity index (χ3v) is 5.20. The molecule has 8 heteroatoms. The van der Waals surface area contributed by atoms with E-state index >= 15 is 0 Å². The lowest BCUT2D eigenvalue weighted by Gasteiger charge is -2.18. The molecule has 0 atom stereocenters. The van der Waals surface area contributed by atoms with Gasteiger partial charge in [-0.2, -0.15) is 0 Å². The Balaban J connectivity index is 2.05. The summed E-state index contributed by atoms with van der Waals surface area (Å²) in [6.45, 7) is 0. The van der Waals surface area contributed by atoms with E-state index in [9.17, 15) is 4.79 Å². The van der Waals surface area contributed by atoms with Crippen LogP contribution >= 0.6 is 46.4 Å². The van der Waals surface area contributed by atoms with Crippen LogP contribution in [0.5, 0.6) is 11.5 Å². The molecular weight excluding hydrogens is 430 g/mol. The van der Waals surface area contributed by atoms with Gasteiger partial charge in [-0.1, -0.05) is 64.6 Å². The molecule has 27 heavy (non-hydrogen) atoms. The Labute approximate surface area is 175 Å². The van der Waals surface area contributed by atoms with Gasteiger partial charge in [-0.25, -0.2) is 0 Å². The van der Waals surface area contributed by atoms with E-state index < -0.39 is 5.91 Å². The van der Waals surface area contributed by atoms with E-state index in [0.717, 1.165) is 0 Å². The van der Waals surface area contributed by atoms with Crippen molar-refractivity contribution in [3.8, 4) is 11.5 Å². The van der Waals surface area contributed by atoms with Crippen LogP contribution in [-0.2, 0) is 0 Å². The molecule has 0 heterocycles. The monoisotopic (exact) mass is 440 g/mol. The van der Waals surface area contributed by atoms with Crippen molar-refractivity contribution < 1.29 is 9.53 Å². The molecular formula is C19H12Cl4N2O2. The van der Waals surface area contributed by atoms with Crippen molar-refractivity contribution in [2.24, 2.45) is 0 Å². The lowest BCUT2D eigenvalue weighted by Crippen LogP contribution is -2.14. The fraction of sp³-hybridized carbons (Fsp3) is 0. The predicted octanol–water partition coefficient (Wildman–Crippen LogP) is 6.93. The number of benzene rings is 3. The molecule has 3 N–H and O–H groups in total. The van der Waals surface area contributed by atoms with Crippen molar-refractivity contribution in [3.05, 3.63) is 80.3 Å².